The number of carboxylic acid groups (broad SMARTS) is 1. The number of aromatic carboxylic acids is 1. The maximum atomic E-state index is 10.7. The number of benzene rings is 1. The van der Waals surface area contributed by atoms with Gasteiger partial charge in [0.25, 0.3) is 0 Å². The van der Waals surface area contributed by atoms with Crippen molar-refractivity contribution in [3.8, 4) is 0 Å². The van der Waals surface area contributed by atoms with Crippen LogP contribution in [0.25, 0.3) is 0 Å². The third kappa shape index (κ3) is 2.36. The molecule has 1 heterocycles. The number of carbonyl (C=O) groups is 1. The minimum Gasteiger partial charge on any atom is -0.478 e. The maximum Gasteiger partial charge on any atom is 0.335 e. The molecule has 3 heteroatoms. The fourth-order valence-electron chi connectivity index (χ4n) is 1.84. The van der Waals surface area contributed by atoms with E-state index in [1.54, 1.807) is 12.1 Å². The average molecular weight is 206 g/mol. The van der Waals surface area contributed by atoms with Gasteiger partial charge in [-0.2, -0.15) is 0 Å². The van der Waals surface area contributed by atoms with Gasteiger partial charge >= 0.3 is 5.97 Å². The lowest BCUT2D eigenvalue weighted by molar-refractivity contribution is 0.0149. The Kier molecular flexibility index (Phi) is 3.02. The highest BCUT2D eigenvalue weighted by atomic mass is 16.5. The van der Waals surface area contributed by atoms with Gasteiger partial charge < -0.3 is 9.84 Å². The fourth-order valence-corrected chi connectivity index (χ4v) is 1.84. The molecule has 1 fully saturated rings. The zero-order valence-electron chi connectivity index (χ0n) is 8.48. The first-order valence-corrected chi connectivity index (χ1v) is 5.22. The zero-order valence-corrected chi connectivity index (χ0v) is 8.48. The van der Waals surface area contributed by atoms with Gasteiger partial charge in [0, 0.05) is 6.61 Å². The van der Waals surface area contributed by atoms with E-state index in [1.807, 2.05) is 12.1 Å². The molecule has 1 saturated heterocycles. The molecule has 1 aliphatic rings. The van der Waals surface area contributed by atoms with Gasteiger partial charge in [0.15, 0.2) is 0 Å². The Hall–Kier alpha value is -1.35. The van der Waals surface area contributed by atoms with Gasteiger partial charge in [-0.05, 0) is 37.0 Å². The summed E-state index contributed by atoms with van der Waals surface area (Å²) in [6.45, 7) is 0.811. The molecule has 0 aliphatic carbocycles. The van der Waals surface area contributed by atoms with Crippen molar-refractivity contribution in [2.45, 2.75) is 25.4 Å². The van der Waals surface area contributed by atoms with E-state index in [0.29, 0.717) is 5.56 Å². The summed E-state index contributed by atoms with van der Waals surface area (Å²) in [5.74, 6) is -0.883. The molecule has 1 aliphatic heterocycles. The van der Waals surface area contributed by atoms with Crippen molar-refractivity contribution in [2.24, 2.45) is 0 Å². The van der Waals surface area contributed by atoms with Crippen LogP contribution >= 0.6 is 0 Å². The van der Waals surface area contributed by atoms with Crippen LogP contribution in [0.5, 0.6) is 0 Å². The first-order chi connectivity index (χ1) is 7.27. The Labute approximate surface area is 88.7 Å². The van der Waals surface area contributed by atoms with E-state index in [4.69, 9.17) is 9.84 Å². The van der Waals surface area contributed by atoms with Gasteiger partial charge in [0.2, 0.25) is 0 Å². The van der Waals surface area contributed by atoms with Crippen LogP contribution in [0.2, 0.25) is 0 Å². The number of ether oxygens (including phenoxy) is 1. The fraction of sp³-hybridized carbons (Fsp3) is 0.417. The molecule has 1 N–H and O–H groups in total. The highest BCUT2D eigenvalue weighted by Gasteiger charge is 2.16. The summed E-state index contributed by atoms with van der Waals surface area (Å²) in [7, 11) is 0. The Morgan fingerprint density at radius 2 is 2.00 bits per heavy atom. The van der Waals surface area contributed by atoms with Crippen LogP contribution in [0, 0.1) is 0 Å². The highest BCUT2D eigenvalue weighted by molar-refractivity contribution is 5.87. The van der Waals surface area contributed by atoms with E-state index < -0.39 is 5.97 Å². The molecule has 0 bridgehead atoms. The van der Waals surface area contributed by atoms with Crippen molar-refractivity contribution in [3.63, 3.8) is 0 Å². The van der Waals surface area contributed by atoms with Crippen LogP contribution < -0.4 is 0 Å². The first kappa shape index (κ1) is 10.2. The van der Waals surface area contributed by atoms with Crippen molar-refractivity contribution < 1.29 is 14.6 Å². The molecule has 0 saturated carbocycles. The number of rotatable bonds is 2. The largest absolute Gasteiger partial charge is 0.478 e. The topological polar surface area (TPSA) is 46.5 Å². The van der Waals surface area contributed by atoms with Gasteiger partial charge in [0.1, 0.15) is 0 Å². The Morgan fingerprint density at radius 3 is 2.53 bits per heavy atom. The summed E-state index contributed by atoms with van der Waals surface area (Å²) in [4.78, 5) is 10.7. The molecule has 0 amide bonds. The molecule has 0 aromatic heterocycles. The second kappa shape index (κ2) is 4.45. The molecule has 1 atom stereocenters. The molecule has 15 heavy (non-hydrogen) atoms. The van der Waals surface area contributed by atoms with Crippen LogP contribution in [0.15, 0.2) is 24.3 Å². The van der Waals surface area contributed by atoms with Crippen LogP contribution in [0.1, 0.15) is 41.3 Å². The first-order valence-electron chi connectivity index (χ1n) is 5.22. The third-order valence-electron chi connectivity index (χ3n) is 2.71. The van der Waals surface area contributed by atoms with Crippen molar-refractivity contribution in [1.82, 2.24) is 0 Å². The monoisotopic (exact) mass is 206 g/mol. The van der Waals surface area contributed by atoms with Crippen molar-refractivity contribution in [3.05, 3.63) is 35.4 Å². The summed E-state index contributed by atoms with van der Waals surface area (Å²) in [5.41, 5.74) is 1.41. The van der Waals surface area contributed by atoms with Crippen LogP contribution in [-0.2, 0) is 4.74 Å². The number of hydrogen-bond acceptors (Lipinski definition) is 2. The van der Waals surface area contributed by atoms with Crippen molar-refractivity contribution >= 4 is 5.97 Å². The van der Waals surface area contributed by atoms with Gasteiger partial charge in [0.05, 0.1) is 11.7 Å². The molecule has 0 radical (unpaired) electrons. The van der Waals surface area contributed by atoms with Gasteiger partial charge in [-0.15, -0.1) is 0 Å². The molecule has 80 valence electrons. The zero-order chi connectivity index (χ0) is 10.7. The lowest BCUT2D eigenvalue weighted by atomic mass is 10.0. The summed E-state index contributed by atoms with van der Waals surface area (Å²) >= 11 is 0. The number of hydrogen-bond donors (Lipinski definition) is 1. The summed E-state index contributed by atoms with van der Waals surface area (Å²) < 4.78 is 5.62. The van der Waals surface area contributed by atoms with Crippen molar-refractivity contribution in [2.75, 3.05) is 6.61 Å². The Bertz CT molecular complexity index is 336. The lowest BCUT2D eigenvalue weighted by Crippen LogP contribution is -2.11. The second-order valence-electron chi connectivity index (χ2n) is 3.78. The van der Waals surface area contributed by atoms with Gasteiger partial charge in [-0.25, -0.2) is 4.79 Å². The molecule has 1 aromatic carbocycles. The molecular formula is C12H14O3. The smallest absolute Gasteiger partial charge is 0.335 e. The normalized spacial score (nSPS) is 21.2. The van der Waals surface area contributed by atoms with E-state index >= 15 is 0 Å². The molecule has 1 unspecified atom stereocenters. The van der Waals surface area contributed by atoms with Gasteiger partial charge in [-0.1, -0.05) is 12.1 Å². The lowest BCUT2D eigenvalue weighted by Gasteiger charge is -2.22. The minimum absolute atomic E-state index is 0.154. The maximum absolute atomic E-state index is 10.7. The SMILES string of the molecule is O=C(O)c1ccc(C2CCCCO2)cc1. The summed E-state index contributed by atoms with van der Waals surface area (Å²) in [5, 5.41) is 8.75. The van der Waals surface area contributed by atoms with Gasteiger partial charge in [-0.3, -0.25) is 0 Å². The Balaban J connectivity index is 2.11. The van der Waals surface area contributed by atoms with Crippen LogP contribution in [0.3, 0.4) is 0 Å². The third-order valence-corrected chi connectivity index (χ3v) is 2.71. The van der Waals surface area contributed by atoms with E-state index in [2.05, 4.69) is 0 Å². The highest BCUT2D eigenvalue weighted by Crippen LogP contribution is 2.27. The van der Waals surface area contributed by atoms with E-state index in [0.717, 1.165) is 25.0 Å². The predicted molar refractivity (Wildman–Crippen MR) is 55.9 cm³/mol. The quantitative estimate of drug-likeness (QED) is 0.809. The van der Waals surface area contributed by atoms with Crippen LogP contribution in [-0.4, -0.2) is 17.7 Å². The second-order valence-corrected chi connectivity index (χ2v) is 3.78. The molecule has 3 nitrogen and oxygen atoms in total. The van der Waals surface area contributed by atoms with E-state index in [-0.39, 0.29) is 6.10 Å². The van der Waals surface area contributed by atoms with Crippen molar-refractivity contribution in [1.29, 1.82) is 0 Å². The summed E-state index contributed by atoms with van der Waals surface area (Å²) in [6, 6.07) is 6.96. The predicted octanol–water partition coefficient (Wildman–Crippen LogP) is 2.63. The summed E-state index contributed by atoms with van der Waals surface area (Å²) in [6.07, 6.45) is 3.50. The Morgan fingerprint density at radius 1 is 1.27 bits per heavy atom. The molecular weight excluding hydrogens is 192 g/mol. The molecule has 1 aromatic rings. The minimum atomic E-state index is -0.883. The standard InChI is InChI=1S/C12H14O3/c13-12(14)10-6-4-9(5-7-10)11-3-1-2-8-15-11/h4-7,11H,1-3,8H2,(H,13,14). The molecule has 0 spiro atoms. The molecule has 2 rings (SSSR count). The van der Waals surface area contributed by atoms with Crippen LogP contribution in [0.4, 0.5) is 0 Å². The number of carboxylic acids is 1. The van der Waals surface area contributed by atoms with E-state index in [9.17, 15) is 4.79 Å². The van der Waals surface area contributed by atoms with E-state index in [1.165, 1.54) is 6.42 Å². The average Bonchev–Trinajstić information content (AvgIpc) is 2.30.